The molecule has 0 aromatic rings. The second-order valence-electron chi connectivity index (χ2n) is 10.1. The van der Waals surface area contributed by atoms with Crippen molar-refractivity contribution in [3.63, 3.8) is 0 Å². The Morgan fingerprint density at radius 3 is 1.95 bits per heavy atom. The van der Waals surface area contributed by atoms with E-state index in [-0.39, 0.29) is 31.6 Å². The van der Waals surface area contributed by atoms with Gasteiger partial charge < -0.3 is 69.6 Å². The maximum atomic E-state index is 12.2. The van der Waals surface area contributed by atoms with Crippen molar-refractivity contribution in [1.29, 1.82) is 0 Å². The Balaban J connectivity index is 1.77. The van der Waals surface area contributed by atoms with E-state index in [0.29, 0.717) is 0 Å². The first kappa shape index (κ1) is 38.5. The summed E-state index contributed by atoms with van der Waals surface area (Å²) in [4.78, 5) is 24.1. The van der Waals surface area contributed by atoms with Crippen molar-refractivity contribution in [3.05, 3.63) is 0 Å². The van der Waals surface area contributed by atoms with Gasteiger partial charge in [0.25, 0.3) is 0 Å². The zero-order valence-electron chi connectivity index (χ0n) is 22.8. The Morgan fingerprint density at radius 2 is 1.42 bits per heavy atom. The van der Waals surface area contributed by atoms with Crippen LogP contribution >= 0.6 is 34.8 Å². The number of hydrogen-bond acceptors (Lipinski definition) is 16. The highest BCUT2D eigenvalue weighted by Gasteiger charge is 2.58. The minimum absolute atomic E-state index is 0.141. The van der Waals surface area contributed by atoms with Gasteiger partial charge in [0.05, 0.1) is 23.7 Å². The Hall–Kier alpha value is -0.670. The summed E-state index contributed by atoms with van der Waals surface area (Å²) in [5.74, 6) is -4.26. The van der Waals surface area contributed by atoms with E-state index in [1.807, 2.05) is 0 Å². The fourth-order valence-corrected chi connectivity index (χ4v) is 5.05. The molecule has 2 rings (SSSR count). The molecule has 43 heavy (non-hydrogen) atoms. The summed E-state index contributed by atoms with van der Waals surface area (Å²) < 4.78 is 26.6. The first-order chi connectivity index (χ1) is 20.2. The number of carbonyl (C=O) groups excluding carboxylic acids is 2. The lowest BCUT2D eigenvalue weighted by Crippen LogP contribution is -2.61. The molecule has 19 heteroatoms. The monoisotopic (exact) mass is 688 g/mol. The molecule has 0 saturated carbocycles. The van der Waals surface area contributed by atoms with Crippen molar-refractivity contribution in [2.75, 3.05) is 31.6 Å². The third kappa shape index (κ3) is 10.2. The lowest BCUT2D eigenvalue weighted by atomic mass is 10.0. The first-order valence-corrected chi connectivity index (χ1v) is 14.9. The number of alkyl halides is 3. The highest BCUT2D eigenvalue weighted by Crippen LogP contribution is 2.38. The maximum absolute atomic E-state index is 12.2. The average Bonchev–Trinajstić information content (AvgIpc) is 3.25. The number of hydrogen-bond donors (Lipinski definition) is 9. The molecule has 0 spiro atoms. The maximum Gasteiger partial charge on any atom is 0.305 e. The fourth-order valence-electron chi connectivity index (χ4n) is 4.24. The molecule has 0 aromatic heterocycles. The van der Waals surface area contributed by atoms with Crippen molar-refractivity contribution >= 4 is 46.7 Å². The van der Waals surface area contributed by atoms with Gasteiger partial charge in [-0.2, -0.15) is 0 Å². The molecule has 2 saturated heterocycles. The highest BCUT2D eigenvalue weighted by atomic mass is 35.5. The number of carbonyl (C=O) groups is 2. The average molecular weight is 690 g/mol. The van der Waals surface area contributed by atoms with Crippen molar-refractivity contribution in [3.8, 4) is 0 Å². The van der Waals surface area contributed by atoms with Crippen LogP contribution in [0.5, 0.6) is 0 Å². The smallest absolute Gasteiger partial charge is 0.305 e. The molecule has 13 atom stereocenters. The normalized spacial score (nSPS) is 35.6. The predicted octanol–water partition coefficient (Wildman–Crippen LogP) is -3.57. The largest absolute Gasteiger partial charge is 0.463 e. The number of rotatable bonds is 17. The zero-order chi connectivity index (χ0) is 32.5. The van der Waals surface area contributed by atoms with Crippen LogP contribution in [0, 0.1) is 0 Å². The van der Waals surface area contributed by atoms with E-state index in [1.54, 1.807) is 0 Å². The molecule has 9 N–H and O–H groups in total. The predicted molar refractivity (Wildman–Crippen MR) is 144 cm³/mol. The van der Waals surface area contributed by atoms with Gasteiger partial charge in [-0.05, 0) is 12.8 Å². The summed E-state index contributed by atoms with van der Waals surface area (Å²) >= 11 is 17.8. The van der Waals surface area contributed by atoms with E-state index in [1.165, 1.54) is 0 Å². The summed E-state index contributed by atoms with van der Waals surface area (Å²) in [6.07, 6.45) is -17.5. The quantitative estimate of drug-likeness (QED) is 0.0406. The van der Waals surface area contributed by atoms with Gasteiger partial charge in [0.2, 0.25) is 5.79 Å². The topological polar surface area (TPSA) is 262 Å². The fraction of sp³-hybridized carbons (Fsp3) is 0.917. The van der Waals surface area contributed by atoms with Crippen LogP contribution in [0.2, 0.25) is 0 Å². The summed E-state index contributed by atoms with van der Waals surface area (Å²) in [6.45, 7) is -2.01. The van der Waals surface area contributed by atoms with Gasteiger partial charge in [-0.3, -0.25) is 9.59 Å². The second kappa shape index (κ2) is 17.9. The Bertz CT molecular complexity index is 874. The molecule has 3 unspecified atom stereocenters. The minimum Gasteiger partial charge on any atom is -0.463 e. The molecule has 2 fully saturated rings. The standard InChI is InChI=1S/C24H39Cl3O16/c25-5-12-19(35)22(38)24(9-26,42-12)43-23-21(37)20(36)16(27)13(41-23)8-40-15(32)4-2-1-3-14(31)39-7-11(30)18(34)17(33)10(29)6-28/h10-13,16-23,28-30,33-38H,1-9H2/t10-,11-,12-,13?,16+,17-,18-,19+,20+,21?,22?,23-,24+/m1/s1. The molecular weight excluding hydrogens is 651 g/mol. The van der Waals surface area contributed by atoms with E-state index in [2.05, 4.69) is 0 Å². The van der Waals surface area contributed by atoms with E-state index in [4.69, 9.17) is 63.6 Å². The van der Waals surface area contributed by atoms with E-state index >= 15 is 0 Å². The van der Waals surface area contributed by atoms with Crippen LogP contribution in [0.4, 0.5) is 0 Å². The number of halogens is 3. The SMILES string of the molecule is O=C(CCCCC(=O)OC[C@@H](O)[C@@H](O)[C@H](O)[C@H](O)CO)OCC1O[C@H](O[C@]2(CCl)O[C@H](CCl)[C@H](O)C2O)C(O)[C@@H](O)[C@H]1Cl. The van der Waals surface area contributed by atoms with Gasteiger partial charge in [0, 0.05) is 12.8 Å². The van der Waals surface area contributed by atoms with E-state index in [9.17, 15) is 50.4 Å². The third-order valence-electron chi connectivity index (χ3n) is 6.94. The molecule has 2 heterocycles. The van der Waals surface area contributed by atoms with Crippen LogP contribution < -0.4 is 0 Å². The molecule has 0 aliphatic carbocycles. The summed E-state index contributed by atoms with van der Waals surface area (Å²) in [7, 11) is 0. The molecule has 0 bridgehead atoms. The van der Waals surface area contributed by atoms with Gasteiger partial charge in [0.15, 0.2) is 6.29 Å². The Morgan fingerprint density at radius 1 is 0.837 bits per heavy atom. The van der Waals surface area contributed by atoms with Gasteiger partial charge in [-0.15, -0.1) is 34.8 Å². The van der Waals surface area contributed by atoms with Crippen molar-refractivity contribution in [1.82, 2.24) is 0 Å². The number of esters is 2. The lowest BCUT2D eigenvalue weighted by molar-refractivity contribution is -0.357. The Kier molecular flexibility index (Phi) is 16.0. The van der Waals surface area contributed by atoms with Gasteiger partial charge >= 0.3 is 11.9 Å². The Labute approximate surface area is 261 Å². The van der Waals surface area contributed by atoms with Crippen LogP contribution in [-0.2, 0) is 33.3 Å². The first-order valence-electron chi connectivity index (χ1n) is 13.4. The number of aliphatic hydroxyl groups excluding tert-OH is 9. The molecule has 0 aromatic carbocycles. The van der Waals surface area contributed by atoms with Crippen molar-refractivity contribution < 1.29 is 79.2 Å². The third-order valence-corrected chi connectivity index (χ3v) is 8.16. The van der Waals surface area contributed by atoms with Crippen LogP contribution in [0.15, 0.2) is 0 Å². The van der Waals surface area contributed by atoms with Crippen LogP contribution in [0.25, 0.3) is 0 Å². The molecule has 0 amide bonds. The van der Waals surface area contributed by atoms with E-state index in [0.717, 1.165) is 0 Å². The van der Waals surface area contributed by atoms with Crippen LogP contribution in [0.3, 0.4) is 0 Å². The van der Waals surface area contributed by atoms with Crippen LogP contribution in [-0.4, -0.2) is 168 Å². The van der Waals surface area contributed by atoms with Gasteiger partial charge in [0.1, 0.15) is 74.3 Å². The zero-order valence-corrected chi connectivity index (χ0v) is 25.1. The number of aliphatic hydroxyl groups is 9. The molecule has 2 aliphatic heterocycles. The molecule has 0 radical (unpaired) electrons. The lowest BCUT2D eigenvalue weighted by Gasteiger charge is -2.43. The highest BCUT2D eigenvalue weighted by molar-refractivity contribution is 6.21. The molecular formula is C24H39Cl3O16. The molecule has 2 aliphatic rings. The van der Waals surface area contributed by atoms with Gasteiger partial charge in [-0.25, -0.2) is 0 Å². The summed E-state index contributed by atoms with van der Waals surface area (Å²) in [5, 5.41) is 87.2. The number of ether oxygens (including phenoxy) is 5. The van der Waals surface area contributed by atoms with Crippen molar-refractivity contribution in [2.24, 2.45) is 0 Å². The molecule has 252 valence electrons. The summed E-state index contributed by atoms with van der Waals surface area (Å²) in [6, 6.07) is 0. The van der Waals surface area contributed by atoms with Crippen LogP contribution in [0.1, 0.15) is 25.7 Å². The molecule has 16 nitrogen and oxygen atoms in total. The number of unbranched alkanes of at least 4 members (excludes halogenated alkanes) is 1. The van der Waals surface area contributed by atoms with E-state index < -0.39 is 116 Å². The second-order valence-corrected chi connectivity index (χ2v) is 11.2. The van der Waals surface area contributed by atoms with Gasteiger partial charge in [-0.1, -0.05) is 0 Å². The summed E-state index contributed by atoms with van der Waals surface area (Å²) in [5.41, 5.74) is 0. The van der Waals surface area contributed by atoms with Crippen molar-refractivity contribution in [2.45, 2.75) is 104 Å². The minimum atomic E-state index is -2.05.